The number of benzene rings is 1. The average molecular weight is 388 g/mol. The molecule has 0 atom stereocenters. The highest BCUT2D eigenvalue weighted by Crippen LogP contribution is 2.16. The summed E-state index contributed by atoms with van der Waals surface area (Å²) in [7, 11) is 0. The van der Waals surface area contributed by atoms with E-state index in [0.717, 1.165) is 16.8 Å². The number of pyridine rings is 2. The maximum absolute atomic E-state index is 12.6. The number of allylic oxidation sites excluding steroid dienone is 1. The van der Waals surface area contributed by atoms with Crippen LogP contribution >= 0.6 is 0 Å². The first-order valence-electron chi connectivity index (χ1n) is 9.41. The molecular weight excluding hydrogens is 364 g/mol. The number of hydrogen-bond donors (Lipinski definition) is 2. The number of nitrogens with one attached hydrogen (secondary N) is 1. The molecule has 0 fully saturated rings. The Morgan fingerprint density at radius 3 is 2.76 bits per heavy atom. The van der Waals surface area contributed by atoms with Gasteiger partial charge in [0.2, 0.25) is 0 Å². The van der Waals surface area contributed by atoms with Gasteiger partial charge in [-0.05, 0) is 42.3 Å². The van der Waals surface area contributed by atoms with E-state index in [-0.39, 0.29) is 12.2 Å². The van der Waals surface area contributed by atoms with Crippen LogP contribution in [0.3, 0.4) is 0 Å². The van der Waals surface area contributed by atoms with Crippen LogP contribution in [0.25, 0.3) is 0 Å². The zero-order chi connectivity index (χ0) is 20.5. The fraction of sp³-hybridized carbons (Fsp3) is 0.174. The molecule has 0 aliphatic heterocycles. The zero-order valence-electron chi connectivity index (χ0n) is 16.3. The molecule has 6 heteroatoms. The Bertz CT molecular complexity index is 984. The number of carbonyl (C=O) groups excluding carboxylic acids is 1. The number of hydrogen-bond acceptors (Lipinski definition) is 6. The third kappa shape index (κ3) is 5.90. The molecule has 0 amide bonds. The SMILES string of the molecule is C/C=C/COc1ccc(C(=O)Cc2cccc(CNc3cccnc3N)c2)nc1. The summed E-state index contributed by atoms with van der Waals surface area (Å²) in [4.78, 5) is 20.9. The molecule has 29 heavy (non-hydrogen) atoms. The molecule has 0 bridgehead atoms. The smallest absolute Gasteiger partial charge is 0.185 e. The number of nitrogen functional groups attached to an aromatic ring is 1. The van der Waals surface area contributed by atoms with E-state index in [0.29, 0.717) is 30.4 Å². The van der Waals surface area contributed by atoms with Crippen molar-refractivity contribution in [3.63, 3.8) is 0 Å². The first-order valence-corrected chi connectivity index (χ1v) is 9.41. The molecule has 6 nitrogen and oxygen atoms in total. The Morgan fingerprint density at radius 2 is 2.00 bits per heavy atom. The van der Waals surface area contributed by atoms with Crippen molar-refractivity contribution in [1.29, 1.82) is 0 Å². The van der Waals surface area contributed by atoms with Gasteiger partial charge in [-0.25, -0.2) is 9.97 Å². The van der Waals surface area contributed by atoms with Crippen molar-refractivity contribution in [2.45, 2.75) is 19.9 Å². The van der Waals surface area contributed by atoms with Crippen molar-refractivity contribution < 1.29 is 9.53 Å². The highest BCUT2D eigenvalue weighted by molar-refractivity contribution is 5.95. The topological polar surface area (TPSA) is 90.1 Å². The number of nitrogens with two attached hydrogens (primary N) is 1. The highest BCUT2D eigenvalue weighted by atomic mass is 16.5. The molecule has 2 aromatic heterocycles. The molecular formula is C23H24N4O2. The normalized spacial score (nSPS) is 10.8. The van der Waals surface area contributed by atoms with Gasteiger partial charge >= 0.3 is 0 Å². The summed E-state index contributed by atoms with van der Waals surface area (Å²) in [5.74, 6) is 1.07. The standard InChI is InChI=1S/C23H24N4O2/c1-2-3-12-29-19-9-10-20(27-16-19)22(28)14-17-6-4-7-18(13-17)15-26-21-8-5-11-25-23(21)24/h2-11,13,16,26H,12,14-15H2,1H3,(H2,24,25)/b3-2+. The van der Waals surface area contributed by atoms with Gasteiger partial charge in [-0.3, -0.25) is 4.79 Å². The molecule has 0 saturated heterocycles. The van der Waals surface area contributed by atoms with Crippen LogP contribution in [-0.2, 0) is 13.0 Å². The molecule has 0 aliphatic carbocycles. The summed E-state index contributed by atoms with van der Waals surface area (Å²) >= 11 is 0. The van der Waals surface area contributed by atoms with Gasteiger partial charge in [0.25, 0.3) is 0 Å². The van der Waals surface area contributed by atoms with Crippen LogP contribution in [0.15, 0.2) is 73.1 Å². The Labute approximate surface area is 170 Å². The minimum atomic E-state index is -0.0355. The Hall–Kier alpha value is -3.67. The summed E-state index contributed by atoms with van der Waals surface area (Å²) in [5.41, 5.74) is 9.05. The molecule has 0 unspecified atom stereocenters. The van der Waals surface area contributed by atoms with Gasteiger partial charge in [-0.1, -0.05) is 36.4 Å². The molecule has 1 aromatic carbocycles. The minimum Gasteiger partial charge on any atom is -0.488 e. The maximum atomic E-state index is 12.6. The van der Waals surface area contributed by atoms with Crippen LogP contribution in [0.1, 0.15) is 28.5 Å². The van der Waals surface area contributed by atoms with Crippen LogP contribution in [0.5, 0.6) is 5.75 Å². The predicted molar refractivity (Wildman–Crippen MR) is 115 cm³/mol. The van der Waals surface area contributed by atoms with Crippen LogP contribution < -0.4 is 15.8 Å². The fourth-order valence-electron chi connectivity index (χ4n) is 2.76. The van der Waals surface area contributed by atoms with Crippen molar-refractivity contribution in [3.8, 4) is 5.75 Å². The van der Waals surface area contributed by atoms with Gasteiger partial charge < -0.3 is 15.8 Å². The largest absolute Gasteiger partial charge is 0.488 e. The quantitative estimate of drug-likeness (QED) is 0.424. The molecule has 0 radical (unpaired) electrons. The first kappa shape index (κ1) is 20.1. The first-order chi connectivity index (χ1) is 14.2. The average Bonchev–Trinajstić information content (AvgIpc) is 2.74. The second-order valence-electron chi connectivity index (χ2n) is 6.47. The van der Waals surface area contributed by atoms with Gasteiger partial charge in [0, 0.05) is 19.2 Å². The van der Waals surface area contributed by atoms with E-state index in [1.54, 1.807) is 24.5 Å². The summed E-state index contributed by atoms with van der Waals surface area (Å²) in [6, 6.07) is 15.1. The van der Waals surface area contributed by atoms with Crippen LogP contribution in [0, 0.1) is 0 Å². The maximum Gasteiger partial charge on any atom is 0.185 e. The lowest BCUT2D eigenvalue weighted by Crippen LogP contribution is -2.07. The van der Waals surface area contributed by atoms with Crippen molar-refractivity contribution in [2.75, 3.05) is 17.7 Å². The van der Waals surface area contributed by atoms with E-state index < -0.39 is 0 Å². The lowest BCUT2D eigenvalue weighted by Gasteiger charge is -2.09. The van der Waals surface area contributed by atoms with Crippen molar-refractivity contribution >= 4 is 17.3 Å². The second-order valence-corrected chi connectivity index (χ2v) is 6.47. The molecule has 3 aromatic rings. The number of Topliss-reactive ketones (excluding diaryl/α,β-unsaturated/α-hetero) is 1. The fourth-order valence-corrected chi connectivity index (χ4v) is 2.76. The zero-order valence-corrected chi connectivity index (χ0v) is 16.3. The number of nitrogens with zero attached hydrogens (tertiary/aromatic N) is 2. The summed E-state index contributed by atoms with van der Waals surface area (Å²) < 4.78 is 5.51. The number of ether oxygens (including phenoxy) is 1. The van der Waals surface area contributed by atoms with Crippen LogP contribution in [0.4, 0.5) is 11.5 Å². The lowest BCUT2D eigenvalue weighted by molar-refractivity contribution is 0.0988. The van der Waals surface area contributed by atoms with E-state index in [1.165, 1.54) is 0 Å². The number of ketones is 1. The van der Waals surface area contributed by atoms with E-state index in [2.05, 4.69) is 15.3 Å². The van der Waals surface area contributed by atoms with Crippen molar-refractivity contribution in [3.05, 3.63) is 89.9 Å². The van der Waals surface area contributed by atoms with Crippen molar-refractivity contribution in [2.24, 2.45) is 0 Å². The van der Waals surface area contributed by atoms with E-state index >= 15 is 0 Å². The van der Waals surface area contributed by atoms with Crippen molar-refractivity contribution in [1.82, 2.24) is 9.97 Å². The third-order valence-electron chi connectivity index (χ3n) is 4.28. The molecule has 0 aliphatic rings. The van der Waals surface area contributed by atoms with Crippen LogP contribution in [0.2, 0.25) is 0 Å². The molecule has 3 N–H and O–H groups in total. The predicted octanol–water partition coefficient (Wildman–Crippen LogP) is 4.05. The molecule has 0 saturated carbocycles. The van der Waals surface area contributed by atoms with Gasteiger partial charge in [0.1, 0.15) is 23.9 Å². The van der Waals surface area contributed by atoms with Gasteiger partial charge in [0.05, 0.1) is 11.9 Å². The molecule has 3 rings (SSSR count). The minimum absolute atomic E-state index is 0.0355. The Kier molecular flexibility index (Phi) is 6.95. The Balaban J connectivity index is 1.59. The third-order valence-corrected chi connectivity index (χ3v) is 4.28. The van der Waals surface area contributed by atoms with Gasteiger partial charge in [-0.15, -0.1) is 0 Å². The van der Waals surface area contributed by atoms with E-state index in [9.17, 15) is 4.79 Å². The van der Waals surface area contributed by atoms with E-state index in [1.807, 2.05) is 55.5 Å². The summed E-state index contributed by atoms with van der Waals surface area (Å²) in [6.07, 6.45) is 7.34. The highest BCUT2D eigenvalue weighted by Gasteiger charge is 2.10. The Morgan fingerprint density at radius 1 is 1.14 bits per heavy atom. The van der Waals surface area contributed by atoms with E-state index in [4.69, 9.17) is 10.5 Å². The number of aromatic nitrogens is 2. The monoisotopic (exact) mass is 388 g/mol. The number of anilines is 2. The number of rotatable bonds is 9. The number of carbonyl (C=O) groups is 1. The van der Waals surface area contributed by atoms with Crippen LogP contribution in [-0.4, -0.2) is 22.4 Å². The molecule has 148 valence electrons. The molecule has 2 heterocycles. The van der Waals surface area contributed by atoms with Gasteiger partial charge in [-0.2, -0.15) is 0 Å². The lowest BCUT2D eigenvalue weighted by atomic mass is 10.0. The summed E-state index contributed by atoms with van der Waals surface area (Å²) in [5, 5.41) is 3.27. The molecule has 0 spiro atoms. The summed E-state index contributed by atoms with van der Waals surface area (Å²) in [6.45, 7) is 3.01. The van der Waals surface area contributed by atoms with Gasteiger partial charge in [0.15, 0.2) is 5.78 Å². The second kappa shape index (κ2) is 10.0.